The van der Waals surface area contributed by atoms with E-state index in [-0.39, 0.29) is 5.91 Å². The third-order valence-electron chi connectivity index (χ3n) is 2.41. The Bertz CT molecular complexity index is 420. The molecule has 0 atom stereocenters. The Labute approximate surface area is 89.1 Å². The number of hydrogen-bond acceptors (Lipinski definition) is 2. The molecule has 0 unspecified atom stereocenters. The lowest BCUT2D eigenvalue weighted by atomic mass is 10.2. The lowest BCUT2D eigenvalue weighted by Gasteiger charge is -2.29. The van der Waals surface area contributed by atoms with E-state index >= 15 is 0 Å². The van der Waals surface area contributed by atoms with Crippen molar-refractivity contribution >= 4 is 17.3 Å². The maximum absolute atomic E-state index is 11.7. The molecule has 0 saturated carbocycles. The maximum atomic E-state index is 11.7. The quantitative estimate of drug-likeness (QED) is 0.733. The molecule has 0 aliphatic carbocycles. The molecule has 0 bridgehead atoms. The van der Waals surface area contributed by atoms with Crippen LogP contribution in [0.2, 0.25) is 0 Å². The van der Waals surface area contributed by atoms with E-state index < -0.39 is 0 Å². The number of benzene rings is 1. The fourth-order valence-electron chi connectivity index (χ4n) is 1.68. The Morgan fingerprint density at radius 1 is 1.47 bits per heavy atom. The van der Waals surface area contributed by atoms with Crippen molar-refractivity contribution < 1.29 is 4.79 Å². The smallest absolute Gasteiger partial charge is 0.246 e. The van der Waals surface area contributed by atoms with Gasteiger partial charge in [0, 0.05) is 13.0 Å². The van der Waals surface area contributed by atoms with Crippen LogP contribution in [-0.2, 0) is 4.79 Å². The van der Waals surface area contributed by atoms with E-state index in [1.54, 1.807) is 4.90 Å². The predicted octanol–water partition coefficient (Wildman–Crippen LogP) is 1.47. The number of anilines is 2. The number of hydrogen-bond donors (Lipinski definition) is 1. The monoisotopic (exact) mass is 200 g/mol. The minimum absolute atomic E-state index is 0.0731. The average molecular weight is 200 g/mol. The van der Waals surface area contributed by atoms with Crippen LogP contribution in [0.4, 0.5) is 11.4 Å². The van der Waals surface area contributed by atoms with E-state index in [1.807, 2.05) is 24.3 Å². The van der Waals surface area contributed by atoms with Crippen LogP contribution < -0.4 is 10.2 Å². The van der Waals surface area contributed by atoms with Crippen molar-refractivity contribution in [1.29, 1.82) is 0 Å². The van der Waals surface area contributed by atoms with Gasteiger partial charge in [-0.3, -0.25) is 4.79 Å². The van der Waals surface area contributed by atoms with E-state index in [1.165, 1.54) is 0 Å². The molecule has 1 aliphatic heterocycles. The SMILES string of the molecule is C#CCCN1C(=O)CNc2ccccc21. The van der Waals surface area contributed by atoms with Crippen molar-refractivity contribution in [2.24, 2.45) is 0 Å². The summed E-state index contributed by atoms with van der Waals surface area (Å²) < 4.78 is 0. The van der Waals surface area contributed by atoms with E-state index in [0.29, 0.717) is 19.5 Å². The molecule has 76 valence electrons. The van der Waals surface area contributed by atoms with Crippen molar-refractivity contribution in [1.82, 2.24) is 0 Å². The van der Waals surface area contributed by atoms with Crippen LogP contribution >= 0.6 is 0 Å². The van der Waals surface area contributed by atoms with Gasteiger partial charge in [0.1, 0.15) is 0 Å². The van der Waals surface area contributed by atoms with Crippen LogP contribution in [0.5, 0.6) is 0 Å². The van der Waals surface area contributed by atoms with Crippen LogP contribution in [0, 0.1) is 12.3 Å². The first kappa shape index (κ1) is 9.60. The van der Waals surface area contributed by atoms with E-state index in [0.717, 1.165) is 11.4 Å². The first-order valence-corrected chi connectivity index (χ1v) is 4.89. The van der Waals surface area contributed by atoms with E-state index in [2.05, 4.69) is 11.2 Å². The third kappa shape index (κ3) is 1.79. The molecule has 1 amide bonds. The fraction of sp³-hybridized carbons (Fsp3) is 0.250. The van der Waals surface area contributed by atoms with E-state index in [4.69, 9.17) is 6.42 Å². The van der Waals surface area contributed by atoms with Crippen molar-refractivity contribution in [2.45, 2.75) is 6.42 Å². The third-order valence-corrected chi connectivity index (χ3v) is 2.41. The van der Waals surface area contributed by atoms with Gasteiger partial charge in [-0.25, -0.2) is 0 Å². The van der Waals surface area contributed by atoms with Crippen LogP contribution in [0.25, 0.3) is 0 Å². The molecule has 3 heteroatoms. The summed E-state index contributed by atoms with van der Waals surface area (Å²) in [7, 11) is 0. The Kier molecular flexibility index (Phi) is 2.59. The first-order valence-electron chi connectivity index (χ1n) is 4.89. The Morgan fingerprint density at radius 2 is 2.27 bits per heavy atom. The molecule has 0 saturated heterocycles. The molecule has 0 aromatic heterocycles. The lowest BCUT2D eigenvalue weighted by Crippen LogP contribution is -2.40. The Morgan fingerprint density at radius 3 is 3.07 bits per heavy atom. The standard InChI is InChI=1S/C12H12N2O/c1-2-3-8-14-11-7-5-4-6-10(11)13-9-12(14)15/h1,4-7,13H,3,8-9H2. The van der Waals surface area contributed by atoms with Gasteiger partial charge in [0.15, 0.2) is 0 Å². The number of para-hydroxylation sites is 2. The fourth-order valence-corrected chi connectivity index (χ4v) is 1.68. The minimum atomic E-state index is 0.0731. The normalized spacial score (nSPS) is 14.1. The summed E-state index contributed by atoms with van der Waals surface area (Å²) in [5.74, 6) is 2.63. The summed E-state index contributed by atoms with van der Waals surface area (Å²) in [5.41, 5.74) is 1.91. The zero-order valence-electron chi connectivity index (χ0n) is 8.36. The molecule has 1 N–H and O–H groups in total. The minimum Gasteiger partial charge on any atom is -0.374 e. The maximum Gasteiger partial charge on any atom is 0.246 e. The number of fused-ring (bicyclic) bond motifs is 1. The van der Waals surface area contributed by atoms with Gasteiger partial charge in [-0.1, -0.05) is 12.1 Å². The number of rotatable bonds is 2. The van der Waals surface area contributed by atoms with Crippen molar-refractivity contribution in [3.63, 3.8) is 0 Å². The summed E-state index contributed by atoms with van der Waals surface area (Å²) in [6, 6.07) is 7.75. The first-order chi connectivity index (χ1) is 7.33. The Balaban J connectivity index is 2.29. The highest BCUT2D eigenvalue weighted by Crippen LogP contribution is 2.28. The largest absolute Gasteiger partial charge is 0.374 e. The van der Waals surface area contributed by atoms with Gasteiger partial charge in [-0.15, -0.1) is 12.3 Å². The molecule has 1 heterocycles. The highest BCUT2D eigenvalue weighted by atomic mass is 16.2. The van der Waals surface area contributed by atoms with Gasteiger partial charge in [-0.05, 0) is 12.1 Å². The van der Waals surface area contributed by atoms with Crippen molar-refractivity contribution in [3.8, 4) is 12.3 Å². The molecular weight excluding hydrogens is 188 g/mol. The van der Waals surface area contributed by atoms with Crippen LogP contribution in [0.1, 0.15) is 6.42 Å². The zero-order chi connectivity index (χ0) is 10.7. The Hall–Kier alpha value is -1.95. The highest BCUT2D eigenvalue weighted by molar-refractivity contribution is 6.02. The highest BCUT2D eigenvalue weighted by Gasteiger charge is 2.22. The summed E-state index contributed by atoms with van der Waals surface area (Å²) >= 11 is 0. The number of carbonyl (C=O) groups is 1. The van der Waals surface area contributed by atoms with Gasteiger partial charge in [-0.2, -0.15) is 0 Å². The predicted molar refractivity (Wildman–Crippen MR) is 60.7 cm³/mol. The van der Waals surface area contributed by atoms with Crippen molar-refractivity contribution in [3.05, 3.63) is 24.3 Å². The average Bonchev–Trinajstić information content (AvgIpc) is 2.28. The molecule has 15 heavy (non-hydrogen) atoms. The van der Waals surface area contributed by atoms with Gasteiger partial charge in [0.2, 0.25) is 5.91 Å². The lowest BCUT2D eigenvalue weighted by molar-refractivity contribution is -0.117. The zero-order valence-corrected chi connectivity index (χ0v) is 8.36. The molecular formula is C12H12N2O. The second-order valence-electron chi connectivity index (χ2n) is 3.37. The summed E-state index contributed by atoms with van der Waals surface area (Å²) in [4.78, 5) is 13.4. The van der Waals surface area contributed by atoms with Gasteiger partial charge in [0.05, 0.1) is 17.9 Å². The number of nitrogens with zero attached hydrogens (tertiary/aromatic N) is 1. The molecule has 0 spiro atoms. The second kappa shape index (κ2) is 4.05. The topological polar surface area (TPSA) is 32.3 Å². The number of amides is 1. The molecule has 1 aromatic carbocycles. The van der Waals surface area contributed by atoms with Gasteiger partial charge in [0.25, 0.3) is 0 Å². The number of terminal acetylenes is 1. The molecule has 2 rings (SSSR count). The van der Waals surface area contributed by atoms with E-state index in [9.17, 15) is 4.79 Å². The van der Waals surface area contributed by atoms with Crippen LogP contribution in [0.3, 0.4) is 0 Å². The van der Waals surface area contributed by atoms with Crippen molar-refractivity contribution in [2.75, 3.05) is 23.3 Å². The van der Waals surface area contributed by atoms with Crippen LogP contribution in [0.15, 0.2) is 24.3 Å². The summed E-state index contributed by atoms with van der Waals surface area (Å²) in [6.45, 7) is 0.940. The molecule has 0 fully saturated rings. The number of nitrogens with one attached hydrogen (secondary N) is 1. The van der Waals surface area contributed by atoms with Crippen LogP contribution in [-0.4, -0.2) is 19.0 Å². The second-order valence-corrected chi connectivity index (χ2v) is 3.37. The molecule has 3 nitrogen and oxygen atoms in total. The van der Waals surface area contributed by atoms with Gasteiger partial charge >= 0.3 is 0 Å². The molecule has 1 aromatic rings. The molecule has 0 radical (unpaired) electrons. The molecule has 1 aliphatic rings. The summed E-state index contributed by atoms with van der Waals surface area (Å²) in [5, 5.41) is 3.08. The summed E-state index contributed by atoms with van der Waals surface area (Å²) in [6.07, 6.45) is 5.79. The number of carbonyl (C=O) groups excluding carboxylic acids is 1. The van der Waals surface area contributed by atoms with Gasteiger partial charge < -0.3 is 10.2 Å².